The van der Waals surface area contributed by atoms with Gasteiger partial charge in [-0.2, -0.15) is 5.10 Å². The zero-order valence-corrected chi connectivity index (χ0v) is 14.1. The van der Waals surface area contributed by atoms with E-state index in [0.717, 1.165) is 5.69 Å². The lowest BCUT2D eigenvalue weighted by molar-refractivity contribution is 0.0989. The maximum atomic E-state index is 13.5. The summed E-state index contributed by atoms with van der Waals surface area (Å²) in [5.74, 6) is -0.647. The van der Waals surface area contributed by atoms with E-state index >= 15 is 0 Å². The predicted octanol–water partition coefficient (Wildman–Crippen LogP) is 4.45. The van der Waals surface area contributed by atoms with Crippen LogP contribution in [0.1, 0.15) is 35.6 Å². The third-order valence-corrected chi connectivity index (χ3v) is 4.52. The quantitative estimate of drug-likeness (QED) is 0.726. The minimum atomic E-state index is -0.454. The van der Waals surface area contributed by atoms with Crippen molar-refractivity contribution in [1.29, 1.82) is 0 Å². The van der Waals surface area contributed by atoms with Crippen LogP contribution in [0.4, 0.5) is 4.39 Å². The van der Waals surface area contributed by atoms with Crippen LogP contribution >= 0.6 is 27.5 Å². The zero-order chi connectivity index (χ0) is 15.6. The molecule has 6 heteroatoms. The lowest BCUT2D eigenvalue weighted by Crippen LogP contribution is -2.11. The van der Waals surface area contributed by atoms with Crippen LogP contribution in [-0.2, 0) is 19.4 Å². The molecule has 0 saturated heterocycles. The minimum Gasteiger partial charge on any atom is -0.294 e. The van der Waals surface area contributed by atoms with Crippen molar-refractivity contribution in [2.75, 3.05) is 0 Å². The largest absolute Gasteiger partial charge is 0.294 e. The van der Waals surface area contributed by atoms with Gasteiger partial charge in [-0.3, -0.25) is 9.48 Å². The van der Waals surface area contributed by atoms with Gasteiger partial charge in [0.2, 0.25) is 0 Å². The van der Waals surface area contributed by atoms with Crippen molar-refractivity contribution in [1.82, 2.24) is 9.78 Å². The molecule has 2 rings (SSSR count). The molecule has 1 aromatic carbocycles. The van der Waals surface area contributed by atoms with Crippen LogP contribution in [0.15, 0.2) is 22.7 Å². The van der Waals surface area contributed by atoms with Crippen molar-refractivity contribution in [3.05, 3.63) is 50.5 Å². The molecule has 1 aromatic heterocycles. The molecule has 0 aliphatic carbocycles. The van der Waals surface area contributed by atoms with E-state index in [9.17, 15) is 9.18 Å². The average molecular weight is 374 g/mol. The maximum absolute atomic E-state index is 13.5. The Balaban J connectivity index is 2.36. The average Bonchev–Trinajstić information content (AvgIpc) is 2.78. The third-order valence-electron chi connectivity index (χ3n) is 3.27. The van der Waals surface area contributed by atoms with Gasteiger partial charge in [0.25, 0.3) is 0 Å². The van der Waals surface area contributed by atoms with Crippen LogP contribution in [0.5, 0.6) is 0 Å². The van der Waals surface area contributed by atoms with Gasteiger partial charge in [-0.15, -0.1) is 0 Å². The highest BCUT2D eigenvalue weighted by atomic mass is 79.9. The first-order chi connectivity index (χ1) is 9.99. The normalized spacial score (nSPS) is 10.9. The molecule has 0 N–H and O–H groups in total. The van der Waals surface area contributed by atoms with E-state index in [1.165, 1.54) is 12.1 Å². The maximum Gasteiger partial charge on any atom is 0.170 e. The molecule has 0 aliphatic rings. The topological polar surface area (TPSA) is 34.9 Å². The second-order valence-electron chi connectivity index (χ2n) is 4.58. The van der Waals surface area contributed by atoms with E-state index in [-0.39, 0.29) is 16.7 Å². The van der Waals surface area contributed by atoms with Crippen LogP contribution in [0.3, 0.4) is 0 Å². The Bertz CT molecular complexity index is 685. The van der Waals surface area contributed by atoms with Gasteiger partial charge in [-0.25, -0.2) is 4.39 Å². The highest BCUT2D eigenvalue weighted by molar-refractivity contribution is 9.10. The van der Waals surface area contributed by atoms with E-state index < -0.39 is 5.82 Å². The number of halogens is 3. The molecule has 0 spiro atoms. The minimum absolute atomic E-state index is 0.0989. The standard InChI is InChI=1S/C15H15BrClFN2O/c1-3-11-15(17)12(20(4-2)19-11)8-13(21)9-6-5-7-10(18)14(9)16/h5-7H,3-4,8H2,1-2H3. The van der Waals surface area contributed by atoms with Crippen LogP contribution in [-0.4, -0.2) is 15.6 Å². The summed E-state index contributed by atoms with van der Waals surface area (Å²) in [5.41, 5.74) is 1.77. The van der Waals surface area contributed by atoms with Gasteiger partial charge >= 0.3 is 0 Å². The Morgan fingerprint density at radius 1 is 1.43 bits per heavy atom. The monoisotopic (exact) mass is 372 g/mol. The zero-order valence-electron chi connectivity index (χ0n) is 11.8. The second-order valence-corrected chi connectivity index (χ2v) is 5.75. The number of ketones is 1. The van der Waals surface area contributed by atoms with Crippen molar-refractivity contribution in [3.8, 4) is 0 Å². The second kappa shape index (κ2) is 6.71. The first kappa shape index (κ1) is 16.2. The van der Waals surface area contributed by atoms with Gasteiger partial charge in [-0.1, -0.05) is 30.7 Å². The van der Waals surface area contributed by atoms with Gasteiger partial charge in [-0.05, 0) is 35.3 Å². The Morgan fingerprint density at radius 2 is 2.14 bits per heavy atom. The smallest absolute Gasteiger partial charge is 0.170 e. The van der Waals surface area contributed by atoms with Crippen LogP contribution < -0.4 is 0 Å². The Morgan fingerprint density at radius 3 is 2.76 bits per heavy atom. The van der Waals surface area contributed by atoms with Crippen molar-refractivity contribution < 1.29 is 9.18 Å². The SMILES string of the molecule is CCc1nn(CC)c(CC(=O)c2cccc(F)c2Br)c1Cl. The molecule has 112 valence electrons. The molecule has 3 nitrogen and oxygen atoms in total. The van der Waals surface area contributed by atoms with Crippen LogP contribution in [0.2, 0.25) is 5.02 Å². The summed E-state index contributed by atoms with van der Waals surface area (Å²) in [5, 5.41) is 4.91. The number of hydrogen-bond acceptors (Lipinski definition) is 2. The highest BCUT2D eigenvalue weighted by Gasteiger charge is 2.20. The van der Waals surface area contributed by atoms with Crippen molar-refractivity contribution in [2.24, 2.45) is 0 Å². The number of nitrogens with zero attached hydrogens (tertiary/aromatic N) is 2. The molecule has 0 saturated carbocycles. The summed E-state index contributed by atoms with van der Waals surface area (Å²) >= 11 is 9.41. The molecule has 1 heterocycles. The molecule has 0 unspecified atom stereocenters. The van der Waals surface area contributed by atoms with Gasteiger partial charge in [0.15, 0.2) is 5.78 Å². The molecule has 0 aliphatic heterocycles. The lowest BCUT2D eigenvalue weighted by atomic mass is 10.1. The van der Waals surface area contributed by atoms with Crippen LogP contribution in [0.25, 0.3) is 0 Å². The van der Waals surface area contributed by atoms with Crippen LogP contribution in [0, 0.1) is 5.82 Å². The summed E-state index contributed by atoms with van der Waals surface area (Å²) in [6.45, 7) is 4.53. The van der Waals surface area contributed by atoms with E-state index in [1.54, 1.807) is 10.7 Å². The molecular formula is C15H15BrClFN2O. The first-order valence-electron chi connectivity index (χ1n) is 6.70. The van der Waals surface area contributed by atoms with Crippen molar-refractivity contribution in [3.63, 3.8) is 0 Å². The number of Topliss-reactive ketones (excluding diaryl/α,β-unsaturated/α-hetero) is 1. The van der Waals surface area contributed by atoms with Gasteiger partial charge in [0, 0.05) is 12.1 Å². The molecule has 0 bridgehead atoms. The van der Waals surface area contributed by atoms with Crippen molar-refractivity contribution >= 4 is 33.3 Å². The fourth-order valence-corrected chi connectivity index (χ4v) is 2.97. The molecule has 0 amide bonds. The number of hydrogen-bond donors (Lipinski definition) is 0. The molecular weight excluding hydrogens is 359 g/mol. The Kier molecular flexibility index (Phi) is 5.17. The van der Waals surface area contributed by atoms with E-state index in [0.29, 0.717) is 29.2 Å². The molecule has 0 fully saturated rings. The predicted molar refractivity (Wildman–Crippen MR) is 84.4 cm³/mol. The number of aromatic nitrogens is 2. The number of carbonyl (C=O) groups is 1. The number of rotatable bonds is 5. The number of carbonyl (C=O) groups excluding carboxylic acids is 1. The van der Waals surface area contributed by atoms with Crippen molar-refractivity contribution in [2.45, 2.75) is 33.2 Å². The van der Waals surface area contributed by atoms with Gasteiger partial charge < -0.3 is 0 Å². The van der Waals surface area contributed by atoms with E-state index in [2.05, 4.69) is 21.0 Å². The summed E-state index contributed by atoms with van der Waals surface area (Å²) < 4.78 is 15.4. The third kappa shape index (κ3) is 3.19. The summed E-state index contributed by atoms with van der Waals surface area (Å²) in [6, 6.07) is 4.42. The molecule has 2 aromatic rings. The van der Waals surface area contributed by atoms with Gasteiger partial charge in [0.1, 0.15) is 5.82 Å². The summed E-state index contributed by atoms with van der Waals surface area (Å²) in [4.78, 5) is 12.4. The number of aryl methyl sites for hydroxylation is 2. The summed E-state index contributed by atoms with van der Waals surface area (Å²) in [7, 11) is 0. The lowest BCUT2D eigenvalue weighted by Gasteiger charge is -2.07. The molecule has 0 atom stereocenters. The Labute approximate surface area is 136 Å². The fraction of sp³-hybridized carbons (Fsp3) is 0.333. The first-order valence-corrected chi connectivity index (χ1v) is 7.87. The Hall–Kier alpha value is -1.20. The highest BCUT2D eigenvalue weighted by Crippen LogP contribution is 2.26. The fourth-order valence-electron chi connectivity index (χ4n) is 2.15. The number of benzene rings is 1. The molecule has 0 radical (unpaired) electrons. The molecule has 21 heavy (non-hydrogen) atoms. The summed E-state index contributed by atoms with van der Waals surface area (Å²) in [6.07, 6.45) is 0.804. The van der Waals surface area contributed by atoms with Gasteiger partial charge in [0.05, 0.1) is 27.3 Å². The van der Waals surface area contributed by atoms with E-state index in [4.69, 9.17) is 11.6 Å². The van der Waals surface area contributed by atoms with E-state index in [1.807, 2.05) is 13.8 Å².